The summed E-state index contributed by atoms with van der Waals surface area (Å²) < 4.78 is 31.2. The Bertz CT molecular complexity index is 2650. The number of halogens is 2. The quantitative estimate of drug-likeness (QED) is 0.149. The van der Waals surface area contributed by atoms with Crippen molar-refractivity contribution in [3.8, 4) is 28.7 Å². The first-order chi connectivity index (χ1) is 30.5. The van der Waals surface area contributed by atoms with Crippen LogP contribution in [0.1, 0.15) is 120 Å². The molecule has 0 amide bonds. The molecule has 5 aromatic carbocycles. The zero-order valence-corrected chi connectivity index (χ0v) is 41.1. The molecule has 0 saturated heterocycles. The SMILES string of the molecule is CC1(Oc2ccc3c4c(ccc3c2)Oc2ccc3cc(OC5(C)C6CC7CC(C6)C5C7)ccc3c2C4c2cc(I)c(OC3(C)C4CC5CC(C4)C3C5)c(I)c2)C2CC3CC(C2)C1C3. The van der Waals surface area contributed by atoms with Gasteiger partial charge in [0.15, 0.2) is 0 Å². The van der Waals surface area contributed by atoms with Crippen molar-refractivity contribution < 1.29 is 18.9 Å². The van der Waals surface area contributed by atoms with Crippen molar-refractivity contribution in [2.45, 2.75) is 121 Å². The van der Waals surface area contributed by atoms with Gasteiger partial charge in [-0.2, -0.15) is 0 Å². The van der Waals surface area contributed by atoms with Crippen LogP contribution < -0.4 is 18.9 Å². The van der Waals surface area contributed by atoms with Crippen LogP contribution in [0.2, 0.25) is 0 Å². The zero-order valence-electron chi connectivity index (χ0n) is 36.8. The van der Waals surface area contributed by atoms with Crippen LogP contribution in [0.5, 0.6) is 28.7 Å². The third kappa shape index (κ3) is 5.26. The van der Waals surface area contributed by atoms with E-state index in [-0.39, 0.29) is 22.7 Å². The summed E-state index contributed by atoms with van der Waals surface area (Å²) in [6, 6.07) is 27.7. The maximum absolute atomic E-state index is 7.37. The van der Waals surface area contributed by atoms with Gasteiger partial charge in [0.1, 0.15) is 45.6 Å². The van der Waals surface area contributed by atoms with Crippen LogP contribution in [0.3, 0.4) is 0 Å². The highest BCUT2D eigenvalue weighted by Gasteiger charge is 2.64. The maximum Gasteiger partial charge on any atom is 0.146 e. The number of fused-ring (bicyclic) bond motifs is 6. The second-order valence-electron chi connectivity index (χ2n) is 23.5. The van der Waals surface area contributed by atoms with Gasteiger partial charge in [0.25, 0.3) is 0 Å². The Morgan fingerprint density at radius 1 is 0.476 bits per heavy atom. The second kappa shape index (κ2) is 13.0. The Labute approximate surface area is 399 Å². The largest absolute Gasteiger partial charge is 0.487 e. The topological polar surface area (TPSA) is 36.9 Å². The van der Waals surface area contributed by atoms with E-state index in [1.54, 1.807) is 0 Å². The van der Waals surface area contributed by atoms with Crippen molar-refractivity contribution >= 4 is 66.7 Å². The standard InChI is InChI=1S/C57H58I2O4/c1-55(37-15-28-12-33(21-37)44(55)18-28)61-40-6-8-42-31(24-40)4-10-49-52(42)51(36-26-47(58)54(48(59)27-36)63-57(3)39-17-30-14-35(23-39)46(57)20-30)53-43-9-7-41(25-32(43)5-11-50(53)60-49)62-56(2)38-16-29-13-34(22-38)45(56)19-29/h4-11,24-30,33-35,37-39,44-46,51H,12-23H2,1-3H3. The maximum atomic E-state index is 7.37. The Morgan fingerprint density at radius 2 is 0.905 bits per heavy atom. The van der Waals surface area contributed by atoms with Gasteiger partial charge in [0.05, 0.1) is 7.14 Å². The molecule has 1 aliphatic heterocycles. The zero-order chi connectivity index (χ0) is 41.9. The molecule has 0 radical (unpaired) electrons. The molecule has 12 bridgehead atoms. The molecule has 12 saturated carbocycles. The molecule has 18 rings (SSSR count). The van der Waals surface area contributed by atoms with Crippen LogP contribution in [0, 0.1) is 78.2 Å². The van der Waals surface area contributed by atoms with Crippen molar-refractivity contribution in [1.29, 1.82) is 0 Å². The highest BCUT2D eigenvalue weighted by atomic mass is 127. The smallest absolute Gasteiger partial charge is 0.146 e. The van der Waals surface area contributed by atoms with Crippen LogP contribution in [-0.2, 0) is 0 Å². The van der Waals surface area contributed by atoms with Crippen molar-refractivity contribution in [2.75, 3.05) is 0 Å². The van der Waals surface area contributed by atoms with Gasteiger partial charge >= 0.3 is 0 Å². The second-order valence-corrected chi connectivity index (χ2v) is 25.9. The lowest BCUT2D eigenvalue weighted by atomic mass is 9.73. The first kappa shape index (κ1) is 38.4. The minimum Gasteiger partial charge on any atom is -0.487 e. The van der Waals surface area contributed by atoms with Crippen LogP contribution in [0.25, 0.3) is 21.5 Å². The van der Waals surface area contributed by atoms with Gasteiger partial charge in [0.2, 0.25) is 0 Å². The molecule has 63 heavy (non-hydrogen) atoms. The Balaban J connectivity index is 0.847. The van der Waals surface area contributed by atoms with Gasteiger partial charge in [-0.3, -0.25) is 0 Å². The lowest BCUT2D eigenvalue weighted by Crippen LogP contribution is -2.46. The van der Waals surface area contributed by atoms with E-state index in [4.69, 9.17) is 18.9 Å². The fourth-order valence-corrected chi connectivity index (χ4v) is 20.3. The monoisotopic (exact) mass is 1060 g/mol. The molecule has 6 heteroatoms. The van der Waals surface area contributed by atoms with Gasteiger partial charge in [-0.25, -0.2) is 0 Å². The molecule has 0 N–H and O–H groups in total. The van der Waals surface area contributed by atoms with E-state index >= 15 is 0 Å². The first-order valence-corrected chi connectivity index (χ1v) is 27.0. The van der Waals surface area contributed by atoms with Crippen molar-refractivity contribution in [3.63, 3.8) is 0 Å². The van der Waals surface area contributed by atoms with Crippen molar-refractivity contribution in [3.05, 3.63) is 96.6 Å². The minimum absolute atomic E-state index is 0.0450. The average molecular weight is 1060 g/mol. The average Bonchev–Trinajstić information content (AvgIpc) is 4.00. The predicted octanol–water partition coefficient (Wildman–Crippen LogP) is 15.1. The first-order valence-electron chi connectivity index (χ1n) is 24.9. The van der Waals surface area contributed by atoms with Gasteiger partial charge in [0, 0.05) is 34.8 Å². The molecular weight excluding hydrogens is 1000 g/mol. The van der Waals surface area contributed by atoms with Crippen LogP contribution in [0.4, 0.5) is 0 Å². The Hall–Kier alpha value is -2.72. The summed E-state index contributed by atoms with van der Waals surface area (Å²) in [4.78, 5) is 0. The fraction of sp³-hybridized carbons (Fsp3) is 0.544. The molecule has 0 aromatic heterocycles. The highest BCUT2D eigenvalue weighted by Crippen LogP contribution is 2.67. The Morgan fingerprint density at radius 3 is 1.33 bits per heavy atom. The van der Waals surface area contributed by atoms with Crippen LogP contribution >= 0.6 is 45.2 Å². The number of rotatable bonds is 7. The molecule has 4 nitrogen and oxygen atoms in total. The summed E-state index contributed by atoms with van der Waals surface area (Å²) in [5, 5.41) is 4.90. The molecule has 15 unspecified atom stereocenters. The van der Waals surface area contributed by atoms with E-state index in [9.17, 15) is 0 Å². The minimum atomic E-state index is -0.0773. The lowest BCUT2D eigenvalue weighted by molar-refractivity contribution is -0.0246. The van der Waals surface area contributed by atoms with E-state index in [1.807, 2.05) is 0 Å². The summed E-state index contributed by atoms with van der Waals surface area (Å²) in [5.74, 6) is 14.4. The highest BCUT2D eigenvalue weighted by molar-refractivity contribution is 14.1. The van der Waals surface area contributed by atoms with E-state index in [1.165, 1.54) is 122 Å². The summed E-state index contributed by atoms with van der Waals surface area (Å²) in [5.41, 5.74) is 3.57. The molecule has 0 spiro atoms. The van der Waals surface area contributed by atoms with Gasteiger partial charge < -0.3 is 18.9 Å². The molecule has 15 atom stereocenters. The molecule has 5 aromatic rings. The lowest BCUT2D eigenvalue weighted by Gasteiger charge is -2.42. The van der Waals surface area contributed by atoms with Crippen molar-refractivity contribution in [1.82, 2.24) is 0 Å². The Kier molecular flexibility index (Phi) is 7.94. The molecule has 324 valence electrons. The normalized spacial score (nSPS) is 42.4. The molecule has 13 aliphatic rings. The molecular formula is C57H58I2O4. The predicted molar refractivity (Wildman–Crippen MR) is 265 cm³/mol. The van der Waals surface area contributed by atoms with Crippen molar-refractivity contribution in [2.24, 2.45) is 71.0 Å². The third-order valence-corrected chi connectivity index (χ3v) is 22.4. The third-order valence-electron chi connectivity index (χ3n) is 20.8. The van der Waals surface area contributed by atoms with Gasteiger partial charge in [-0.05, 0) is 272 Å². The fourth-order valence-electron chi connectivity index (χ4n) is 18.3. The number of benzene rings is 5. The van der Waals surface area contributed by atoms with E-state index < -0.39 is 0 Å². The van der Waals surface area contributed by atoms with E-state index in [0.29, 0.717) is 35.5 Å². The molecule has 12 aliphatic carbocycles. The van der Waals surface area contributed by atoms with Gasteiger partial charge in [-0.1, -0.05) is 24.3 Å². The number of hydrogen-bond acceptors (Lipinski definition) is 4. The number of hydrogen-bond donors (Lipinski definition) is 0. The summed E-state index contributed by atoms with van der Waals surface area (Å²) in [6.07, 6.45) is 16.4. The van der Waals surface area contributed by atoms with E-state index in [2.05, 4.69) is 139 Å². The summed E-state index contributed by atoms with van der Waals surface area (Å²) in [7, 11) is 0. The summed E-state index contributed by atoms with van der Waals surface area (Å²) >= 11 is 5.18. The van der Waals surface area contributed by atoms with Crippen LogP contribution in [0.15, 0.2) is 72.8 Å². The molecule has 1 heterocycles. The molecule has 12 fully saturated rings. The van der Waals surface area contributed by atoms with Crippen LogP contribution in [-0.4, -0.2) is 16.8 Å². The van der Waals surface area contributed by atoms with E-state index in [0.717, 1.165) is 64.3 Å². The van der Waals surface area contributed by atoms with Gasteiger partial charge in [-0.15, -0.1) is 0 Å². The summed E-state index contributed by atoms with van der Waals surface area (Å²) in [6.45, 7) is 7.32. The number of ether oxygens (including phenoxy) is 4.